The van der Waals surface area contributed by atoms with Crippen LogP contribution in [0, 0.1) is 5.92 Å². The normalized spacial score (nSPS) is 40.5. The van der Waals surface area contributed by atoms with Crippen LogP contribution in [-0.2, 0) is 11.8 Å². The number of benzene rings is 1. The fraction of sp³-hybridized carbons (Fsp3) is 0.684. The lowest BCUT2D eigenvalue weighted by molar-refractivity contribution is 0.00271. The molecule has 2 nitrogen and oxygen atoms in total. The average molecular weight is 330 g/mol. The monoisotopic (exact) mass is 329 g/mol. The lowest BCUT2D eigenvalue weighted by Crippen LogP contribution is -2.59. The Bertz CT molecular complexity index is 796. The van der Waals surface area contributed by atoms with Crippen LogP contribution in [-0.4, -0.2) is 31.0 Å². The number of likely N-dealkylation sites (tertiary alicyclic amines) is 1. The molecule has 3 aliphatic rings. The van der Waals surface area contributed by atoms with Crippen molar-refractivity contribution in [1.82, 2.24) is 4.90 Å². The van der Waals surface area contributed by atoms with E-state index in [0.29, 0.717) is 13.0 Å². The number of fused-ring (bicyclic) bond motifs is 1. The summed E-state index contributed by atoms with van der Waals surface area (Å²) in [5.41, 5.74) is 2.04. The highest BCUT2D eigenvalue weighted by Crippen LogP contribution is 2.55. The van der Waals surface area contributed by atoms with Crippen LogP contribution in [0.25, 0.3) is 0 Å². The van der Waals surface area contributed by atoms with Gasteiger partial charge in [-0.05, 0) is 75.2 Å². The Morgan fingerprint density at radius 3 is 3.23 bits per heavy atom. The summed E-state index contributed by atoms with van der Waals surface area (Å²) in [6.45, 7) is -7.25. The van der Waals surface area contributed by atoms with Crippen LogP contribution in [0.5, 0.6) is 5.75 Å². The zero-order valence-electron chi connectivity index (χ0n) is 20.6. The molecule has 0 spiro atoms. The second-order valence-corrected chi connectivity index (χ2v) is 6.75. The largest absolute Gasteiger partial charge is 0.494 e. The second kappa shape index (κ2) is 6.05. The quantitative estimate of drug-likeness (QED) is 0.806. The number of halogens is 1. The van der Waals surface area contributed by atoms with E-state index in [0.717, 1.165) is 43.2 Å². The van der Waals surface area contributed by atoms with Gasteiger partial charge in [0.25, 0.3) is 0 Å². The summed E-state index contributed by atoms with van der Waals surface area (Å²) < 4.78 is 66.9. The number of ether oxygens (including phenoxy) is 1. The molecular weight excluding hydrogens is 294 g/mol. The van der Waals surface area contributed by atoms with Gasteiger partial charge in [-0.3, -0.25) is 0 Å². The van der Waals surface area contributed by atoms with Gasteiger partial charge in [0.15, 0.2) is 0 Å². The number of nitrogens with zero attached hydrogens (tertiary/aromatic N) is 1. The summed E-state index contributed by atoms with van der Waals surface area (Å²) in [7, 11) is 0. The smallest absolute Gasteiger partial charge is 0.119 e. The van der Waals surface area contributed by atoms with E-state index in [1.807, 2.05) is 12.1 Å². The van der Waals surface area contributed by atoms with Gasteiger partial charge in [-0.1, -0.05) is 18.9 Å². The van der Waals surface area contributed by atoms with Crippen LogP contribution in [0.15, 0.2) is 18.2 Å². The highest BCUT2D eigenvalue weighted by atomic mass is 35.5. The fourth-order valence-electron chi connectivity index (χ4n) is 5.11. The van der Waals surface area contributed by atoms with Crippen LogP contribution < -0.4 is 4.74 Å². The molecule has 1 aliphatic heterocycles. The molecule has 2 bridgehead atoms. The average Bonchev–Trinajstić information content (AvgIpc) is 2.60. The number of rotatable bonds is 2. The first-order valence-electron chi connectivity index (χ1n) is 11.9. The van der Waals surface area contributed by atoms with Gasteiger partial charge in [-0.25, -0.2) is 0 Å². The van der Waals surface area contributed by atoms with E-state index in [4.69, 9.17) is 15.7 Å². The van der Waals surface area contributed by atoms with E-state index in [9.17, 15) is 0 Å². The standard InChI is InChI=1S/C19H27NO.ClH/c1-3-21-15-8-7-14-12-18-16-6-4-5-9-19(16,17(14)13-15)10-11-20(18)2;/h7-8,13,16,18H,3-6,9-12H2,1-2H3;1H/t16-,18+,19+;/m0./s1/i1D3,2D3,3D2;. The molecule has 1 heterocycles. The Kier molecular flexibility index (Phi) is 2.46. The SMILES string of the molecule is Cl.[2H]C([2H])([2H])N1CC[C@]23CCCC[C@H]2[C@H]1Cc1ccc(OC([2H])([2H])C([2H])([2H])[2H])cc13. The number of piperidine rings is 1. The summed E-state index contributed by atoms with van der Waals surface area (Å²) in [5.74, 6) is 0.466. The van der Waals surface area contributed by atoms with E-state index < -0.39 is 20.4 Å². The van der Waals surface area contributed by atoms with Gasteiger partial charge in [0.05, 0.1) is 9.30 Å². The number of likely N-dealkylation sites (N-methyl/N-ethyl adjacent to an activating group) is 1. The Balaban J connectivity index is 0.00000256. The minimum atomic E-state index is -2.88. The maximum absolute atomic E-state index is 7.97. The first-order valence-corrected chi connectivity index (χ1v) is 7.94. The van der Waals surface area contributed by atoms with Crippen molar-refractivity contribution in [2.24, 2.45) is 5.92 Å². The molecule has 2 fully saturated rings. The first-order chi connectivity index (χ1) is 13.4. The van der Waals surface area contributed by atoms with E-state index in [1.165, 1.54) is 0 Å². The first kappa shape index (κ1) is 8.94. The Labute approximate surface area is 151 Å². The lowest BCUT2D eigenvalue weighted by Gasteiger charge is -2.58. The van der Waals surface area contributed by atoms with Crippen LogP contribution in [0.3, 0.4) is 0 Å². The maximum atomic E-state index is 7.97. The third-order valence-corrected chi connectivity index (χ3v) is 5.98. The molecule has 22 heavy (non-hydrogen) atoms. The van der Waals surface area contributed by atoms with Crippen molar-refractivity contribution >= 4 is 12.4 Å². The third kappa shape index (κ3) is 2.27. The van der Waals surface area contributed by atoms with E-state index in [2.05, 4.69) is 0 Å². The summed E-state index contributed by atoms with van der Waals surface area (Å²) in [4.78, 5) is 1.70. The zero-order valence-corrected chi connectivity index (χ0v) is 13.4. The summed E-state index contributed by atoms with van der Waals surface area (Å²) in [6.07, 6.45) is 5.52. The van der Waals surface area contributed by atoms with Crippen molar-refractivity contribution in [2.75, 3.05) is 20.1 Å². The molecule has 0 aromatic heterocycles. The molecule has 3 atom stereocenters. The van der Waals surface area contributed by atoms with Gasteiger partial charge in [-0.15, -0.1) is 12.4 Å². The highest BCUT2D eigenvalue weighted by Gasteiger charge is 2.53. The molecule has 4 rings (SSSR count). The van der Waals surface area contributed by atoms with Crippen molar-refractivity contribution in [3.8, 4) is 5.75 Å². The topological polar surface area (TPSA) is 12.5 Å². The zero-order chi connectivity index (χ0) is 21.2. The van der Waals surface area contributed by atoms with E-state index >= 15 is 0 Å². The van der Waals surface area contributed by atoms with Gasteiger partial charge < -0.3 is 9.64 Å². The van der Waals surface area contributed by atoms with Crippen molar-refractivity contribution in [3.63, 3.8) is 0 Å². The highest BCUT2D eigenvalue weighted by molar-refractivity contribution is 5.85. The number of hydrogen-bond donors (Lipinski definition) is 0. The molecule has 0 unspecified atom stereocenters. The van der Waals surface area contributed by atoms with E-state index in [1.54, 1.807) is 11.0 Å². The van der Waals surface area contributed by atoms with Crippen LogP contribution >= 0.6 is 12.4 Å². The molecule has 1 aromatic rings. The molecular formula is C19H28ClNO. The molecule has 2 aliphatic carbocycles. The van der Waals surface area contributed by atoms with Crippen molar-refractivity contribution < 1.29 is 15.7 Å². The Morgan fingerprint density at radius 1 is 1.41 bits per heavy atom. The number of hydrogen-bond acceptors (Lipinski definition) is 2. The second-order valence-electron chi connectivity index (χ2n) is 6.75. The van der Waals surface area contributed by atoms with Crippen LogP contribution in [0.4, 0.5) is 0 Å². The predicted molar refractivity (Wildman–Crippen MR) is 93.2 cm³/mol. The minimum absolute atomic E-state index is 0. The van der Waals surface area contributed by atoms with Gasteiger partial charge >= 0.3 is 0 Å². The van der Waals surface area contributed by atoms with Crippen molar-refractivity contribution in [3.05, 3.63) is 29.3 Å². The summed E-state index contributed by atoms with van der Waals surface area (Å²) in [5, 5.41) is 0. The molecule has 0 amide bonds. The summed E-state index contributed by atoms with van der Waals surface area (Å²) in [6, 6.07) is 5.27. The van der Waals surface area contributed by atoms with Crippen molar-refractivity contribution in [1.29, 1.82) is 0 Å². The molecule has 0 N–H and O–H groups in total. The molecule has 1 saturated carbocycles. The van der Waals surface area contributed by atoms with Gasteiger partial charge in [0.1, 0.15) is 5.75 Å². The molecule has 3 heteroatoms. The molecule has 1 aromatic carbocycles. The lowest BCUT2D eigenvalue weighted by atomic mass is 9.52. The van der Waals surface area contributed by atoms with E-state index in [-0.39, 0.29) is 35.5 Å². The van der Waals surface area contributed by atoms with Crippen LogP contribution in [0.1, 0.15) is 61.0 Å². The molecule has 0 radical (unpaired) electrons. The predicted octanol–water partition coefficient (Wildman–Crippen LogP) is 4.20. The van der Waals surface area contributed by atoms with Crippen LogP contribution in [0.2, 0.25) is 0 Å². The Morgan fingerprint density at radius 2 is 2.36 bits per heavy atom. The minimum Gasteiger partial charge on any atom is -0.494 e. The fourth-order valence-corrected chi connectivity index (χ4v) is 5.11. The summed E-state index contributed by atoms with van der Waals surface area (Å²) >= 11 is 0. The van der Waals surface area contributed by atoms with Gasteiger partial charge in [-0.2, -0.15) is 0 Å². The Hall–Kier alpha value is -0.730. The van der Waals surface area contributed by atoms with Crippen molar-refractivity contribution in [2.45, 2.75) is 56.8 Å². The van der Waals surface area contributed by atoms with Gasteiger partial charge in [0, 0.05) is 19.7 Å². The van der Waals surface area contributed by atoms with Gasteiger partial charge in [0.2, 0.25) is 0 Å². The third-order valence-electron chi connectivity index (χ3n) is 5.98. The molecule has 1 saturated heterocycles. The maximum Gasteiger partial charge on any atom is 0.119 e. The molecule has 122 valence electrons.